The molecule has 6 nitrogen and oxygen atoms in total. The standard InChI is InChI=1S/C24H26N4O2/c1-24(2)13-20(27-22(29)12-16-4-6-18(30-3)7-5-16)19-15-26-23(28-21(19)14-24)17-8-10-25-11-9-17/h4-11,15,20H,12-14H2,1-3H3,(H,27,29)/t20-/m0/s1. The van der Waals surface area contributed by atoms with E-state index in [1.54, 1.807) is 19.5 Å². The van der Waals surface area contributed by atoms with Crippen molar-refractivity contribution < 1.29 is 9.53 Å². The molecule has 1 aromatic carbocycles. The highest BCUT2D eigenvalue weighted by atomic mass is 16.5. The lowest BCUT2D eigenvalue weighted by Crippen LogP contribution is -2.37. The number of aromatic nitrogens is 3. The molecule has 6 heteroatoms. The number of benzene rings is 1. The van der Waals surface area contributed by atoms with Gasteiger partial charge in [0.25, 0.3) is 0 Å². The van der Waals surface area contributed by atoms with Gasteiger partial charge in [-0.2, -0.15) is 0 Å². The van der Waals surface area contributed by atoms with Crippen LogP contribution in [0.3, 0.4) is 0 Å². The molecule has 1 aliphatic carbocycles. The molecular formula is C24H26N4O2. The number of hydrogen-bond donors (Lipinski definition) is 1. The number of methoxy groups -OCH3 is 1. The fourth-order valence-electron chi connectivity index (χ4n) is 3.99. The lowest BCUT2D eigenvalue weighted by molar-refractivity contribution is -0.121. The Bertz CT molecular complexity index is 1030. The van der Waals surface area contributed by atoms with E-state index in [1.165, 1.54) is 0 Å². The predicted octanol–water partition coefficient (Wildman–Crippen LogP) is 3.92. The van der Waals surface area contributed by atoms with E-state index < -0.39 is 0 Å². The summed E-state index contributed by atoms with van der Waals surface area (Å²) in [6.07, 6.45) is 7.38. The summed E-state index contributed by atoms with van der Waals surface area (Å²) in [6, 6.07) is 11.3. The highest BCUT2D eigenvalue weighted by molar-refractivity contribution is 5.79. The van der Waals surface area contributed by atoms with Crippen molar-refractivity contribution in [2.24, 2.45) is 5.41 Å². The number of ether oxygens (including phenoxy) is 1. The molecule has 0 bridgehead atoms. The van der Waals surface area contributed by atoms with Crippen molar-refractivity contribution in [1.29, 1.82) is 0 Å². The molecular weight excluding hydrogens is 376 g/mol. The largest absolute Gasteiger partial charge is 0.497 e. The fraction of sp³-hybridized carbons (Fsp3) is 0.333. The van der Waals surface area contributed by atoms with Gasteiger partial charge >= 0.3 is 0 Å². The van der Waals surface area contributed by atoms with E-state index in [-0.39, 0.29) is 17.4 Å². The number of fused-ring (bicyclic) bond motifs is 1. The summed E-state index contributed by atoms with van der Waals surface area (Å²) in [4.78, 5) is 26.2. The van der Waals surface area contributed by atoms with Gasteiger partial charge < -0.3 is 10.1 Å². The quantitative estimate of drug-likeness (QED) is 0.700. The Hall–Kier alpha value is -3.28. The molecule has 1 atom stereocenters. The zero-order valence-electron chi connectivity index (χ0n) is 17.6. The number of carbonyl (C=O) groups excluding carboxylic acids is 1. The minimum atomic E-state index is -0.0963. The fourth-order valence-corrected chi connectivity index (χ4v) is 3.99. The average Bonchev–Trinajstić information content (AvgIpc) is 2.73. The minimum Gasteiger partial charge on any atom is -0.497 e. The molecule has 0 aliphatic heterocycles. The summed E-state index contributed by atoms with van der Waals surface area (Å²) < 4.78 is 5.18. The zero-order valence-corrected chi connectivity index (χ0v) is 17.6. The molecule has 0 fully saturated rings. The highest BCUT2D eigenvalue weighted by Crippen LogP contribution is 2.40. The van der Waals surface area contributed by atoms with Crippen molar-refractivity contribution in [1.82, 2.24) is 20.3 Å². The normalized spacial score (nSPS) is 17.1. The van der Waals surface area contributed by atoms with Crippen molar-refractivity contribution in [2.75, 3.05) is 7.11 Å². The van der Waals surface area contributed by atoms with Crippen LogP contribution < -0.4 is 10.1 Å². The Kier molecular flexibility index (Phi) is 5.48. The maximum absolute atomic E-state index is 12.8. The van der Waals surface area contributed by atoms with Gasteiger partial charge in [-0.25, -0.2) is 9.97 Å². The first kappa shape index (κ1) is 20.0. The van der Waals surface area contributed by atoms with Crippen LogP contribution in [0.15, 0.2) is 55.0 Å². The van der Waals surface area contributed by atoms with Crippen LogP contribution in [0, 0.1) is 5.41 Å². The number of pyridine rings is 1. The summed E-state index contributed by atoms with van der Waals surface area (Å²) >= 11 is 0. The van der Waals surface area contributed by atoms with Crippen LogP contribution in [0.4, 0.5) is 0 Å². The van der Waals surface area contributed by atoms with Crippen LogP contribution in [0.25, 0.3) is 11.4 Å². The van der Waals surface area contributed by atoms with E-state index in [1.807, 2.05) is 42.6 Å². The van der Waals surface area contributed by atoms with E-state index >= 15 is 0 Å². The van der Waals surface area contributed by atoms with Crippen LogP contribution in [0.5, 0.6) is 5.75 Å². The van der Waals surface area contributed by atoms with Gasteiger partial charge in [0.2, 0.25) is 5.91 Å². The third-order valence-electron chi connectivity index (χ3n) is 5.48. The molecule has 0 radical (unpaired) electrons. The summed E-state index contributed by atoms with van der Waals surface area (Å²) in [5.41, 5.74) is 3.94. The molecule has 1 aliphatic rings. The molecule has 1 amide bonds. The third kappa shape index (κ3) is 4.48. The summed E-state index contributed by atoms with van der Waals surface area (Å²) in [6.45, 7) is 4.43. The molecule has 0 saturated carbocycles. The van der Waals surface area contributed by atoms with Crippen molar-refractivity contribution in [3.63, 3.8) is 0 Å². The predicted molar refractivity (Wildman–Crippen MR) is 115 cm³/mol. The zero-order chi connectivity index (χ0) is 21.1. The maximum atomic E-state index is 12.8. The first-order valence-electron chi connectivity index (χ1n) is 10.1. The number of rotatable bonds is 5. The first-order chi connectivity index (χ1) is 14.4. The van der Waals surface area contributed by atoms with Crippen LogP contribution in [0.1, 0.15) is 43.1 Å². The van der Waals surface area contributed by atoms with Crippen LogP contribution in [-0.4, -0.2) is 28.0 Å². The summed E-state index contributed by atoms with van der Waals surface area (Å²) in [5.74, 6) is 1.47. The number of amides is 1. The molecule has 0 spiro atoms. The Balaban J connectivity index is 1.54. The molecule has 4 rings (SSSR count). The van der Waals surface area contributed by atoms with Gasteiger partial charge in [0.05, 0.1) is 25.3 Å². The molecule has 3 aromatic rings. The molecule has 154 valence electrons. The Morgan fingerprint density at radius 3 is 2.60 bits per heavy atom. The lowest BCUT2D eigenvalue weighted by atomic mass is 9.74. The highest BCUT2D eigenvalue weighted by Gasteiger charge is 2.34. The smallest absolute Gasteiger partial charge is 0.224 e. The van der Waals surface area contributed by atoms with Crippen LogP contribution in [-0.2, 0) is 17.6 Å². The van der Waals surface area contributed by atoms with Gasteiger partial charge in [0.15, 0.2) is 5.82 Å². The van der Waals surface area contributed by atoms with Crippen LogP contribution in [0.2, 0.25) is 0 Å². The van der Waals surface area contributed by atoms with E-state index in [0.29, 0.717) is 12.2 Å². The number of carbonyl (C=O) groups is 1. The molecule has 30 heavy (non-hydrogen) atoms. The molecule has 0 unspecified atom stereocenters. The third-order valence-corrected chi connectivity index (χ3v) is 5.48. The minimum absolute atomic E-state index is 0.00738. The topological polar surface area (TPSA) is 77.0 Å². The van der Waals surface area contributed by atoms with Crippen LogP contribution >= 0.6 is 0 Å². The Morgan fingerprint density at radius 1 is 1.17 bits per heavy atom. The average molecular weight is 402 g/mol. The summed E-state index contributed by atoms with van der Waals surface area (Å²) in [5, 5.41) is 3.21. The monoisotopic (exact) mass is 402 g/mol. The number of hydrogen-bond acceptors (Lipinski definition) is 5. The molecule has 1 N–H and O–H groups in total. The van der Waals surface area contributed by atoms with Gasteiger partial charge in [-0.1, -0.05) is 26.0 Å². The Morgan fingerprint density at radius 2 is 1.90 bits per heavy atom. The van der Waals surface area contributed by atoms with Crippen molar-refractivity contribution >= 4 is 5.91 Å². The second-order valence-corrected chi connectivity index (χ2v) is 8.52. The van der Waals surface area contributed by atoms with Gasteiger partial charge in [-0.15, -0.1) is 0 Å². The molecule has 2 aromatic heterocycles. The SMILES string of the molecule is COc1ccc(CC(=O)N[C@H]2CC(C)(C)Cc3nc(-c4ccncc4)ncc32)cc1. The van der Waals surface area contributed by atoms with Gasteiger partial charge in [0, 0.05) is 29.7 Å². The molecule has 2 heterocycles. The second kappa shape index (κ2) is 8.22. The van der Waals surface area contributed by atoms with E-state index in [2.05, 4.69) is 29.1 Å². The second-order valence-electron chi connectivity index (χ2n) is 8.52. The van der Waals surface area contributed by atoms with Gasteiger partial charge in [-0.05, 0) is 48.1 Å². The number of nitrogens with one attached hydrogen (secondary N) is 1. The van der Waals surface area contributed by atoms with Gasteiger partial charge in [-0.3, -0.25) is 9.78 Å². The van der Waals surface area contributed by atoms with Gasteiger partial charge in [0.1, 0.15) is 5.75 Å². The van der Waals surface area contributed by atoms with Crippen molar-refractivity contribution in [2.45, 2.75) is 39.2 Å². The van der Waals surface area contributed by atoms with E-state index in [4.69, 9.17) is 9.72 Å². The lowest BCUT2D eigenvalue weighted by Gasteiger charge is -2.36. The van der Waals surface area contributed by atoms with Crippen molar-refractivity contribution in [3.05, 3.63) is 71.8 Å². The van der Waals surface area contributed by atoms with Crippen molar-refractivity contribution in [3.8, 4) is 17.1 Å². The van der Waals surface area contributed by atoms with E-state index in [9.17, 15) is 4.79 Å². The Labute approximate surface area is 176 Å². The van der Waals surface area contributed by atoms with E-state index in [0.717, 1.165) is 41.0 Å². The molecule has 0 saturated heterocycles. The first-order valence-corrected chi connectivity index (χ1v) is 10.1. The maximum Gasteiger partial charge on any atom is 0.224 e. The summed E-state index contributed by atoms with van der Waals surface area (Å²) in [7, 11) is 1.63. The number of nitrogens with zero attached hydrogens (tertiary/aromatic N) is 3.